The number of alkyl halides is 3. The number of fused-ring (bicyclic) bond motifs is 1. The zero-order valence-electron chi connectivity index (χ0n) is 18.8. The van der Waals surface area contributed by atoms with E-state index >= 15 is 0 Å². The average molecular weight is 474 g/mol. The number of hydrogen-bond acceptors (Lipinski definition) is 4. The predicted octanol–water partition coefficient (Wildman–Crippen LogP) is 3.81. The molecule has 180 valence electrons. The van der Waals surface area contributed by atoms with Gasteiger partial charge in [0.15, 0.2) is 0 Å². The second-order valence-electron chi connectivity index (χ2n) is 8.68. The summed E-state index contributed by atoms with van der Waals surface area (Å²) in [5, 5.41) is 12.0. The molecule has 1 atom stereocenters. The molecular weight excluding hydrogens is 449 g/mol. The number of carbonyl (C=O) groups is 2. The van der Waals surface area contributed by atoms with E-state index in [1.165, 1.54) is 12.1 Å². The lowest BCUT2D eigenvalue weighted by atomic mass is 9.80. The third kappa shape index (κ3) is 4.13. The topological polar surface area (TPSA) is 87.5 Å². The number of anilines is 1. The number of aryl methyl sites for hydroxylation is 1. The van der Waals surface area contributed by atoms with Crippen LogP contribution >= 0.6 is 0 Å². The number of benzene rings is 2. The SMILES string of the molecule is CN1CCC(C)(c2cccc3c2nc(NC(=O)c2cccc(C(F)(F)F)c2)n3CCCO)C1=O. The van der Waals surface area contributed by atoms with Crippen molar-refractivity contribution in [2.24, 2.45) is 0 Å². The number of amides is 2. The van der Waals surface area contributed by atoms with Gasteiger partial charge in [-0.25, -0.2) is 4.98 Å². The molecule has 1 saturated heterocycles. The van der Waals surface area contributed by atoms with Crippen LogP contribution in [-0.2, 0) is 22.9 Å². The van der Waals surface area contributed by atoms with Gasteiger partial charge in [0.1, 0.15) is 0 Å². The van der Waals surface area contributed by atoms with E-state index < -0.39 is 23.1 Å². The molecule has 2 N–H and O–H groups in total. The monoisotopic (exact) mass is 474 g/mol. The lowest BCUT2D eigenvalue weighted by Crippen LogP contribution is -2.33. The van der Waals surface area contributed by atoms with Gasteiger partial charge in [-0.05, 0) is 49.6 Å². The van der Waals surface area contributed by atoms with Gasteiger partial charge in [-0.15, -0.1) is 0 Å². The number of rotatable bonds is 6. The lowest BCUT2D eigenvalue weighted by Gasteiger charge is -2.23. The van der Waals surface area contributed by atoms with Gasteiger partial charge < -0.3 is 14.6 Å². The van der Waals surface area contributed by atoms with E-state index in [9.17, 15) is 27.9 Å². The van der Waals surface area contributed by atoms with E-state index in [0.29, 0.717) is 37.0 Å². The Labute approximate surface area is 194 Å². The van der Waals surface area contributed by atoms with Crippen LogP contribution < -0.4 is 5.32 Å². The molecule has 2 heterocycles. The van der Waals surface area contributed by atoms with Crippen LogP contribution in [0.25, 0.3) is 11.0 Å². The summed E-state index contributed by atoms with van der Waals surface area (Å²) in [6.07, 6.45) is -3.59. The molecule has 2 amide bonds. The Bertz CT molecular complexity index is 1250. The highest BCUT2D eigenvalue weighted by Gasteiger charge is 2.44. The van der Waals surface area contributed by atoms with Gasteiger partial charge in [0.25, 0.3) is 5.91 Å². The maximum atomic E-state index is 13.1. The van der Waals surface area contributed by atoms with Crippen molar-refractivity contribution in [1.82, 2.24) is 14.5 Å². The van der Waals surface area contributed by atoms with E-state index in [1.54, 1.807) is 22.6 Å². The highest BCUT2D eigenvalue weighted by molar-refractivity contribution is 6.04. The summed E-state index contributed by atoms with van der Waals surface area (Å²) < 4.78 is 41.0. The molecule has 7 nitrogen and oxygen atoms in total. The van der Waals surface area contributed by atoms with E-state index in [2.05, 4.69) is 10.3 Å². The number of hydrogen-bond donors (Lipinski definition) is 2. The highest BCUT2D eigenvalue weighted by Crippen LogP contribution is 2.39. The van der Waals surface area contributed by atoms with Crippen LogP contribution in [0.4, 0.5) is 19.1 Å². The first kappa shape index (κ1) is 23.7. The van der Waals surface area contributed by atoms with Crippen LogP contribution in [0.3, 0.4) is 0 Å². The van der Waals surface area contributed by atoms with E-state index in [1.807, 2.05) is 19.1 Å². The fourth-order valence-electron chi connectivity index (χ4n) is 4.42. The number of halogens is 3. The van der Waals surface area contributed by atoms with Crippen molar-refractivity contribution in [3.63, 3.8) is 0 Å². The Balaban J connectivity index is 1.77. The van der Waals surface area contributed by atoms with Crippen molar-refractivity contribution < 1.29 is 27.9 Å². The Morgan fingerprint density at radius 1 is 1.24 bits per heavy atom. The Morgan fingerprint density at radius 3 is 2.62 bits per heavy atom. The fraction of sp³-hybridized carbons (Fsp3) is 0.375. The minimum atomic E-state index is -4.57. The van der Waals surface area contributed by atoms with Crippen LogP contribution in [0.1, 0.15) is 41.3 Å². The maximum Gasteiger partial charge on any atom is 0.416 e. The summed E-state index contributed by atoms with van der Waals surface area (Å²) in [6.45, 7) is 2.69. The Kier molecular flexibility index (Phi) is 6.11. The van der Waals surface area contributed by atoms with Crippen molar-refractivity contribution in [3.05, 3.63) is 59.2 Å². The number of aliphatic hydroxyl groups excluding tert-OH is 1. The second-order valence-corrected chi connectivity index (χ2v) is 8.68. The minimum Gasteiger partial charge on any atom is -0.396 e. The summed E-state index contributed by atoms with van der Waals surface area (Å²) >= 11 is 0. The van der Waals surface area contributed by atoms with E-state index in [-0.39, 0.29) is 24.0 Å². The number of aromatic nitrogens is 2. The van der Waals surface area contributed by atoms with E-state index in [4.69, 9.17) is 0 Å². The Morgan fingerprint density at radius 2 is 1.97 bits per heavy atom. The van der Waals surface area contributed by atoms with Gasteiger partial charge in [0, 0.05) is 32.3 Å². The fourth-order valence-corrected chi connectivity index (χ4v) is 4.42. The molecular formula is C24H25F3N4O3. The normalized spacial score (nSPS) is 18.6. The molecule has 10 heteroatoms. The van der Waals surface area contributed by atoms with Crippen molar-refractivity contribution >= 4 is 28.8 Å². The number of aliphatic hydroxyl groups is 1. The minimum absolute atomic E-state index is 0.0283. The largest absolute Gasteiger partial charge is 0.416 e. The van der Waals surface area contributed by atoms with Gasteiger partial charge in [-0.1, -0.05) is 18.2 Å². The first-order chi connectivity index (χ1) is 16.1. The number of imidazole rings is 1. The third-order valence-electron chi connectivity index (χ3n) is 6.36. The number of para-hydroxylation sites is 1. The molecule has 1 aliphatic heterocycles. The van der Waals surface area contributed by atoms with Crippen molar-refractivity contribution in [1.29, 1.82) is 0 Å². The number of likely N-dealkylation sites (tertiary alicyclic amines) is 1. The molecule has 34 heavy (non-hydrogen) atoms. The molecule has 1 aromatic heterocycles. The molecule has 0 saturated carbocycles. The van der Waals surface area contributed by atoms with Crippen LogP contribution in [0.5, 0.6) is 0 Å². The smallest absolute Gasteiger partial charge is 0.396 e. The molecule has 2 aromatic carbocycles. The number of carbonyl (C=O) groups excluding carboxylic acids is 2. The standard InChI is InChI=1S/C24H25F3N4O3/c1-23(10-12-30(2)21(23)34)17-8-4-9-18-19(17)28-22(31(18)11-5-13-32)29-20(33)15-6-3-7-16(14-15)24(25,26)27/h3-4,6-9,14,32H,5,10-13H2,1-2H3,(H,28,29,33). The molecule has 4 rings (SSSR count). The van der Waals surface area contributed by atoms with Crippen LogP contribution in [-0.4, -0.2) is 51.6 Å². The first-order valence-corrected chi connectivity index (χ1v) is 10.9. The molecule has 0 aliphatic carbocycles. The summed E-state index contributed by atoms with van der Waals surface area (Å²) in [4.78, 5) is 32.0. The van der Waals surface area contributed by atoms with Gasteiger partial charge in [0.05, 0.1) is 22.0 Å². The van der Waals surface area contributed by atoms with Gasteiger partial charge >= 0.3 is 6.18 Å². The number of nitrogens with one attached hydrogen (secondary N) is 1. The molecule has 1 unspecified atom stereocenters. The maximum absolute atomic E-state index is 13.1. The number of nitrogens with zero attached hydrogens (tertiary/aromatic N) is 3. The highest BCUT2D eigenvalue weighted by atomic mass is 19.4. The van der Waals surface area contributed by atoms with E-state index in [0.717, 1.165) is 17.7 Å². The Hall–Kier alpha value is -3.40. The third-order valence-corrected chi connectivity index (χ3v) is 6.36. The van der Waals surface area contributed by atoms with Crippen molar-refractivity contribution in [2.45, 2.75) is 37.9 Å². The summed E-state index contributed by atoms with van der Waals surface area (Å²) in [7, 11) is 1.74. The van der Waals surface area contributed by atoms with Crippen LogP contribution in [0, 0.1) is 0 Å². The lowest BCUT2D eigenvalue weighted by molar-refractivity contribution is -0.137. The van der Waals surface area contributed by atoms with Gasteiger partial charge in [-0.2, -0.15) is 13.2 Å². The van der Waals surface area contributed by atoms with Gasteiger partial charge in [0.2, 0.25) is 11.9 Å². The zero-order chi connectivity index (χ0) is 24.7. The molecule has 1 aliphatic rings. The van der Waals surface area contributed by atoms with Crippen molar-refractivity contribution in [2.75, 3.05) is 25.5 Å². The number of likely N-dealkylation sites (N-methyl/N-ethyl adjacent to an activating group) is 1. The molecule has 1 fully saturated rings. The summed E-state index contributed by atoms with van der Waals surface area (Å²) in [5.74, 6) is -0.628. The zero-order valence-corrected chi connectivity index (χ0v) is 18.8. The summed E-state index contributed by atoms with van der Waals surface area (Å²) in [6, 6.07) is 9.60. The average Bonchev–Trinajstić information content (AvgIpc) is 3.29. The van der Waals surface area contributed by atoms with Gasteiger partial charge in [-0.3, -0.25) is 14.9 Å². The van der Waals surface area contributed by atoms with Crippen LogP contribution in [0.2, 0.25) is 0 Å². The molecule has 3 aromatic rings. The predicted molar refractivity (Wildman–Crippen MR) is 120 cm³/mol. The molecule has 0 bridgehead atoms. The quantitative estimate of drug-likeness (QED) is 0.569. The molecule has 0 spiro atoms. The first-order valence-electron chi connectivity index (χ1n) is 10.9. The van der Waals surface area contributed by atoms with Crippen molar-refractivity contribution in [3.8, 4) is 0 Å². The van der Waals surface area contributed by atoms with Crippen LogP contribution in [0.15, 0.2) is 42.5 Å². The molecule has 0 radical (unpaired) electrons. The second kappa shape index (κ2) is 8.75. The summed E-state index contributed by atoms with van der Waals surface area (Å²) in [5.41, 5.74) is 0.0482.